The van der Waals surface area contributed by atoms with Crippen molar-refractivity contribution in [3.63, 3.8) is 0 Å². The van der Waals surface area contributed by atoms with E-state index in [1.165, 1.54) is 0 Å². The topological polar surface area (TPSA) is 73.5 Å². The number of benzene rings is 3. The lowest BCUT2D eigenvalue weighted by molar-refractivity contribution is 0.252. The van der Waals surface area contributed by atoms with Crippen molar-refractivity contribution in [2.45, 2.75) is 13.3 Å². The van der Waals surface area contributed by atoms with E-state index in [0.717, 1.165) is 16.9 Å². The Kier molecular flexibility index (Phi) is 8.36. The number of halogens is 2. The number of nitrogens with zero attached hydrogens (tertiary/aromatic N) is 1. The first kappa shape index (κ1) is 23.4. The normalized spacial score (nSPS) is 10.3. The summed E-state index contributed by atoms with van der Waals surface area (Å²) in [5.41, 5.74) is 2.99. The van der Waals surface area contributed by atoms with Crippen LogP contribution in [0.25, 0.3) is 0 Å². The average Bonchev–Trinajstić information content (AvgIpc) is 2.77. The number of nitrogens with one attached hydrogen (secondary N) is 3. The summed E-state index contributed by atoms with van der Waals surface area (Å²) in [6.07, 6.45) is 0.548. The van der Waals surface area contributed by atoms with E-state index in [1.54, 1.807) is 23.1 Å². The highest BCUT2D eigenvalue weighted by Crippen LogP contribution is 2.29. The molecule has 8 heteroatoms. The first-order valence-corrected chi connectivity index (χ1v) is 10.9. The van der Waals surface area contributed by atoms with Crippen molar-refractivity contribution >= 4 is 52.3 Å². The van der Waals surface area contributed by atoms with E-state index in [0.29, 0.717) is 30.2 Å². The fourth-order valence-corrected chi connectivity index (χ4v) is 3.42. The summed E-state index contributed by atoms with van der Waals surface area (Å²) in [5.74, 6) is 0. The van der Waals surface area contributed by atoms with Crippen LogP contribution < -0.4 is 20.9 Å². The number of aryl methyl sites for hydroxylation is 1. The molecule has 3 aromatic carbocycles. The fraction of sp³-hybridized carbons (Fsp3) is 0.167. The Morgan fingerprint density at radius 3 is 2.41 bits per heavy atom. The maximum atomic E-state index is 13.0. The number of para-hydroxylation sites is 1. The van der Waals surface area contributed by atoms with Gasteiger partial charge in [-0.2, -0.15) is 0 Å². The molecular formula is C24H24Cl2N4O2. The number of hydrogen-bond acceptors (Lipinski definition) is 2. The van der Waals surface area contributed by atoms with Gasteiger partial charge in [0.15, 0.2) is 0 Å². The van der Waals surface area contributed by atoms with Gasteiger partial charge in [0.25, 0.3) is 0 Å². The molecule has 0 saturated carbocycles. The minimum Gasteiger partial charge on any atom is -0.338 e. The zero-order valence-corrected chi connectivity index (χ0v) is 19.1. The van der Waals surface area contributed by atoms with Gasteiger partial charge in [-0.1, -0.05) is 59.6 Å². The number of carbonyl (C=O) groups excluding carboxylic acids is 2. The standard InChI is InChI=1S/C24H24Cl2N4O2/c1-17-8-5-9-18(16-17)28-24(32)30(19-10-3-2-4-11-19)15-7-14-27-23(31)29-21-13-6-12-20(25)22(21)26/h2-6,8-13,16H,7,14-15H2,1H3,(H,28,32)(H2,27,29,31). The zero-order chi connectivity index (χ0) is 22.9. The number of amides is 4. The van der Waals surface area contributed by atoms with Gasteiger partial charge in [-0.15, -0.1) is 0 Å². The molecule has 3 aromatic rings. The third-order valence-electron chi connectivity index (χ3n) is 4.63. The summed E-state index contributed by atoms with van der Waals surface area (Å²) in [6, 6.07) is 21.4. The van der Waals surface area contributed by atoms with E-state index < -0.39 is 6.03 Å². The van der Waals surface area contributed by atoms with E-state index in [-0.39, 0.29) is 11.1 Å². The third kappa shape index (κ3) is 6.64. The maximum Gasteiger partial charge on any atom is 0.326 e. The van der Waals surface area contributed by atoms with Crippen LogP contribution in [0.5, 0.6) is 0 Å². The predicted octanol–water partition coefficient (Wildman–Crippen LogP) is 6.55. The van der Waals surface area contributed by atoms with Crippen LogP contribution in [0.4, 0.5) is 26.7 Å². The number of carbonyl (C=O) groups is 2. The predicted molar refractivity (Wildman–Crippen MR) is 132 cm³/mol. The van der Waals surface area contributed by atoms with Crippen LogP contribution in [-0.2, 0) is 0 Å². The molecule has 6 nitrogen and oxygen atoms in total. The van der Waals surface area contributed by atoms with E-state index in [4.69, 9.17) is 23.2 Å². The van der Waals surface area contributed by atoms with Crippen molar-refractivity contribution in [1.29, 1.82) is 0 Å². The van der Waals surface area contributed by atoms with Crippen molar-refractivity contribution in [1.82, 2.24) is 5.32 Å². The van der Waals surface area contributed by atoms with Crippen molar-refractivity contribution in [3.05, 3.63) is 88.4 Å². The quantitative estimate of drug-likeness (QED) is 0.342. The Morgan fingerprint density at radius 2 is 1.66 bits per heavy atom. The molecule has 0 heterocycles. The van der Waals surface area contributed by atoms with Crippen LogP contribution in [0.15, 0.2) is 72.8 Å². The molecule has 0 aromatic heterocycles. The molecule has 32 heavy (non-hydrogen) atoms. The van der Waals surface area contributed by atoms with Crippen LogP contribution in [0, 0.1) is 6.92 Å². The molecule has 3 N–H and O–H groups in total. The lowest BCUT2D eigenvalue weighted by Gasteiger charge is -2.23. The first-order valence-electron chi connectivity index (χ1n) is 10.1. The Hall–Kier alpha value is -3.22. The molecule has 0 aliphatic carbocycles. The van der Waals surface area contributed by atoms with Gasteiger partial charge in [0, 0.05) is 24.5 Å². The van der Waals surface area contributed by atoms with E-state index in [9.17, 15) is 9.59 Å². The van der Waals surface area contributed by atoms with Gasteiger partial charge in [-0.3, -0.25) is 4.90 Å². The second-order valence-electron chi connectivity index (χ2n) is 7.12. The minimum atomic E-state index is -0.398. The van der Waals surface area contributed by atoms with Gasteiger partial charge >= 0.3 is 12.1 Å². The largest absolute Gasteiger partial charge is 0.338 e. The number of hydrogen-bond donors (Lipinski definition) is 3. The Morgan fingerprint density at radius 1 is 0.906 bits per heavy atom. The molecule has 166 valence electrons. The van der Waals surface area contributed by atoms with Gasteiger partial charge in [0.2, 0.25) is 0 Å². The number of rotatable bonds is 7. The summed E-state index contributed by atoms with van der Waals surface area (Å²) in [5, 5.41) is 9.03. The molecule has 0 aliphatic heterocycles. The lowest BCUT2D eigenvalue weighted by atomic mass is 10.2. The highest BCUT2D eigenvalue weighted by molar-refractivity contribution is 6.43. The molecule has 0 bridgehead atoms. The van der Waals surface area contributed by atoms with Crippen LogP contribution >= 0.6 is 23.2 Å². The van der Waals surface area contributed by atoms with Crippen molar-refractivity contribution in [2.75, 3.05) is 28.6 Å². The summed E-state index contributed by atoms with van der Waals surface area (Å²) >= 11 is 12.1. The van der Waals surface area contributed by atoms with Crippen LogP contribution in [0.2, 0.25) is 10.0 Å². The Labute approximate surface area is 197 Å². The van der Waals surface area contributed by atoms with Crippen molar-refractivity contribution in [3.8, 4) is 0 Å². The van der Waals surface area contributed by atoms with E-state index in [2.05, 4.69) is 16.0 Å². The lowest BCUT2D eigenvalue weighted by Crippen LogP contribution is -2.38. The SMILES string of the molecule is Cc1cccc(NC(=O)N(CCCNC(=O)Nc2cccc(Cl)c2Cl)c2ccccc2)c1. The first-order chi connectivity index (χ1) is 15.4. The number of anilines is 3. The maximum absolute atomic E-state index is 13.0. The zero-order valence-electron chi connectivity index (χ0n) is 17.6. The molecule has 0 saturated heterocycles. The summed E-state index contributed by atoms with van der Waals surface area (Å²) < 4.78 is 0. The summed E-state index contributed by atoms with van der Waals surface area (Å²) in [7, 11) is 0. The van der Waals surface area contributed by atoms with Gasteiger partial charge in [-0.25, -0.2) is 9.59 Å². The molecule has 0 fully saturated rings. The second-order valence-corrected chi connectivity index (χ2v) is 7.91. The minimum absolute atomic E-state index is 0.239. The molecule has 3 rings (SSSR count). The molecule has 0 radical (unpaired) electrons. The van der Waals surface area contributed by atoms with Crippen molar-refractivity contribution in [2.24, 2.45) is 0 Å². The smallest absolute Gasteiger partial charge is 0.326 e. The Bertz CT molecular complexity index is 1080. The summed E-state index contributed by atoms with van der Waals surface area (Å²) in [4.78, 5) is 26.8. The monoisotopic (exact) mass is 470 g/mol. The highest BCUT2D eigenvalue weighted by Gasteiger charge is 2.16. The fourth-order valence-electron chi connectivity index (χ4n) is 3.08. The van der Waals surface area contributed by atoms with Crippen LogP contribution in [0.3, 0.4) is 0 Å². The van der Waals surface area contributed by atoms with Gasteiger partial charge in [0.1, 0.15) is 0 Å². The van der Waals surface area contributed by atoms with Crippen LogP contribution in [0.1, 0.15) is 12.0 Å². The Balaban J connectivity index is 1.56. The number of urea groups is 2. The average molecular weight is 471 g/mol. The van der Waals surface area contributed by atoms with E-state index in [1.807, 2.05) is 61.5 Å². The van der Waals surface area contributed by atoms with Gasteiger partial charge in [-0.05, 0) is 55.3 Å². The molecule has 0 spiro atoms. The van der Waals surface area contributed by atoms with Gasteiger partial charge < -0.3 is 16.0 Å². The molecular weight excluding hydrogens is 447 g/mol. The summed E-state index contributed by atoms with van der Waals surface area (Å²) in [6.45, 7) is 2.75. The van der Waals surface area contributed by atoms with Gasteiger partial charge in [0.05, 0.1) is 15.7 Å². The van der Waals surface area contributed by atoms with E-state index >= 15 is 0 Å². The molecule has 4 amide bonds. The van der Waals surface area contributed by atoms with Crippen molar-refractivity contribution < 1.29 is 9.59 Å². The third-order valence-corrected chi connectivity index (χ3v) is 5.45. The molecule has 0 unspecified atom stereocenters. The molecule has 0 atom stereocenters. The van der Waals surface area contributed by atoms with Crippen LogP contribution in [-0.4, -0.2) is 25.2 Å². The molecule has 0 aliphatic rings. The second kappa shape index (κ2) is 11.4. The highest BCUT2D eigenvalue weighted by atomic mass is 35.5.